The zero-order valence-corrected chi connectivity index (χ0v) is 21.0. The van der Waals surface area contributed by atoms with Crippen LogP contribution in [0.15, 0.2) is 69.8 Å². The molecule has 0 aromatic heterocycles. The number of hydrogen-bond acceptors (Lipinski definition) is 6. The van der Waals surface area contributed by atoms with Gasteiger partial charge in [-0.1, -0.05) is 54.6 Å². The molecule has 0 spiro atoms. The topological polar surface area (TPSA) is 71.0 Å². The molecule has 0 aliphatic carbocycles. The molecule has 0 saturated carbocycles. The summed E-state index contributed by atoms with van der Waals surface area (Å²) in [4.78, 5) is 32.7. The standard InChI is InChI=1S/C27H29N3O3S/c1-6-22-24(26(32)33-5)25(19-9-7-8-16(2)12-19)30-21(15-34-27(30)29-22)14-23(31)28-20-11-10-17(3)18(4)13-20/h7-13,15,25H,6,14H2,1-5H3,(H,28,31)/t25-/m0/s1. The highest BCUT2D eigenvalue weighted by molar-refractivity contribution is 8.16. The van der Waals surface area contributed by atoms with E-state index in [1.54, 1.807) is 0 Å². The molecule has 1 amide bonds. The Hall–Kier alpha value is -3.32. The Balaban J connectivity index is 1.68. The zero-order valence-electron chi connectivity index (χ0n) is 20.1. The van der Waals surface area contributed by atoms with Crippen molar-refractivity contribution in [3.05, 3.63) is 87.1 Å². The van der Waals surface area contributed by atoms with E-state index in [2.05, 4.69) is 11.4 Å². The van der Waals surface area contributed by atoms with Gasteiger partial charge in [-0.25, -0.2) is 9.79 Å². The molecule has 0 saturated heterocycles. The highest BCUT2D eigenvalue weighted by atomic mass is 32.2. The van der Waals surface area contributed by atoms with Crippen LogP contribution in [0, 0.1) is 20.8 Å². The van der Waals surface area contributed by atoms with Crippen molar-refractivity contribution < 1.29 is 14.3 Å². The monoisotopic (exact) mass is 475 g/mol. The maximum absolute atomic E-state index is 13.0. The number of rotatable bonds is 6. The second-order valence-electron chi connectivity index (χ2n) is 8.54. The van der Waals surface area contributed by atoms with Gasteiger partial charge in [0.15, 0.2) is 5.17 Å². The van der Waals surface area contributed by atoms with Crippen LogP contribution in [0.3, 0.4) is 0 Å². The molecule has 0 unspecified atom stereocenters. The molecule has 7 heteroatoms. The number of ether oxygens (including phenoxy) is 1. The molecule has 176 valence electrons. The molecule has 1 atom stereocenters. The van der Waals surface area contributed by atoms with Gasteiger partial charge in [-0.05, 0) is 61.4 Å². The predicted octanol–water partition coefficient (Wildman–Crippen LogP) is 5.78. The number of amidine groups is 1. The molecule has 34 heavy (non-hydrogen) atoms. The minimum Gasteiger partial charge on any atom is -0.466 e. The minimum atomic E-state index is -0.412. The summed E-state index contributed by atoms with van der Waals surface area (Å²) in [6.45, 7) is 8.07. The number of esters is 1. The molecule has 0 radical (unpaired) electrons. The van der Waals surface area contributed by atoms with Crippen LogP contribution < -0.4 is 5.32 Å². The fourth-order valence-electron chi connectivity index (χ4n) is 4.26. The number of carbonyl (C=O) groups excluding carboxylic acids is 2. The van der Waals surface area contributed by atoms with Crippen LogP contribution in [0.5, 0.6) is 0 Å². The van der Waals surface area contributed by atoms with Crippen LogP contribution in [0.1, 0.15) is 48.1 Å². The number of carbonyl (C=O) groups is 2. The summed E-state index contributed by atoms with van der Waals surface area (Å²) < 4.78 is 5.17. The third-order valence-corrected chi connectivity index (χ3v) is 7.01. The summed E-state index contributed by atoms with van der Waals surface area (Å²) >= 11 is 1.48. The lowest BCUT2D eigenvalue weighted by Crippen LogP contribution is -2.37. The van der Waals surface area contributed by atoms with E-state index in [1.807, 2.05) is 74.4 Å². The van der Waals surface area contributed by atoms with E-state index in [9.17, 15) is 9.59 Å². The van der Waals surface area contributed by atoms with Crippen molar-refractivity contribution in [1.82, 2.24) is 4.90 Å². The van der Waals surface area contributed by atoms with Crippen molar-refractivity contribution in [3.63, 3.8) is 0 Å². The fraction of sp³-hybridized carbons (Fsp3) is 0.296. The van der Waals surface area contributed by atoms with E-state index in [0.717, 1.165) is 33.2 Å². The van der Waals surface area contributed by atoms with Crippen LogP contribution in [0.25, 0.3) is 0 Å². The van der Waals surface area contributed by atoms with E-state index >= 15 is 0 Å². The molecule has 0 bridgehead atoms. The summed E-state index contributed by atoms with van der Waals surface area (Å²) in [6, 6.07) is 13.6. The predicted molar refractivity (Wildman–Crippen MR) is 137 cm³/mol. The summed E-state index contributed by atoms with van der Waals surface area (Å²) in [5, 5.41) is 5.72. The molecule has 2 aliphatic heterocycles. The molecule has 0 fully saturated rings. The van der Waals surface area contributed by atoms with Gasteiger partial charge in [0.05, 0.1) is 30.8 Å². The molecule has 2 heterocycles. The van der Waals surface area contributed by atoms with Crippen molar-refractivity contribution >= 4 is 34.5 Å². The van der Waals surface area contributed by atoms with Gasteiger partial charge in [0.2, 0.25) is 5.91 Å². The number of methoxy groups -OCH3 is 1. The maximum atomic E-state index is 13.0. The van der Waals surface area contributed by atoms with Crippen LogP contribution in [-0.2, 0) is 14.3 Å². The Morgan fingerprint density at radius 1 is 1.12 bits per heavy atom. The Kier molecular flexibility index (Phi) is 6.93. The van der Waals surface area contributed by atoms with Crippen LogP contribution >= 0.6 is 11.8 Å². The maximum Gasteiger partial charge on any atom is 0.338 e. The van der Waals surface area contributed by atoms with Crippen LogP contribution in [-0.4, -0.2) is 29.1 Å². The number of thioether (sulfide) groups is 1. The number of anilines is 1. The molecule has 2 aromatic rings. The smallest absolute Gasteiger partial charge is 0.338 e. The number of aliphatic imine (C=N–C) groups is 1. The van der Waals surface area contributed by atoms with Crippen molar-refractivity contribution in [2.45, 2.75) is 46.6 Å². The highest BCUT2D eigenvalue weighted by Gasteiger charge is 2.41. The molecule has 2 aromatic carbocycles. The third kappa shape index (κ3) is 4.66. The molecule has 6 nitrogen and oxygen atoms in total. The average Bonchev–Trinajstić information content (AvgIpc) is 3.21. The number of nitrogens with zero attached hydrogens (tertiary/aromatic N) is 2. The molecule has 2 aliphatic rings. The number of aryl methyl sites for hydroxylation is 3. The first kappa shape index (κ1) is 23.8. The number of nitrogens with one attached hydrogen (secondary N) is 1. The Bertz CT molecular complexity index is 1250. The van der Waals surface area contributed by atoms with E-state index in [4.69, 9.17) is 9.73 Å². The minimum absolute atomic E-state index is 0.121. The van der Waals surface area contributed by atoms with Crippen molar-refractivity contribution in [1.29, 1.82) is 0 Å². The summed E-state index contributed by atoms with van der Waals surface area (Å²) in [5.74, 6) is -0.522. The van der Waals surface area contributed by atoms with Gasteiger partial charge in [-0.15, -0.1) is 0 Å². The van der Waals surface area contributed by atoms with Gasteiger partial charge < -0.3 is 15.0 Å². The Labute approximate surface area is 204 Å². The zero-order chi connectivity index (χ0) is 24.4. The van der Waals surface area contributed by atoms with Crippen molar-refractivity contribution in [3.8, 4) is 0 Å². The van der Waals surface area contributed by atoms with Gasteiger partial charge in [-0.3, -0.25) is 4.79 Å². The quantitative estimate of drug-likeness (QED) is 0.537. The first-order valence-corrected chi connectivity index (χ1v) is 12.2. The lowest BCUT2D eigenvalue weighted by atomic mass is 9.92. The van der Waals surface area contributed by atoms with E-state index in [0.29, 0.717) is 17.7 Å². The van der Waals surface area contributed by atoms with E-state index < -0.39 is 12.0 Å². The number of amides is 1. The van der Waals surface area contributed by atoms with Crippen LogP contribution in [0.4, 0.5) is 5.69 Å². The number of hydrogen-bond donors (Lipinski definition) is 1. The SMILES string of the molecule is CCC1=C(C(=O)OC)[C@H](c2cccc(C)c2)N2C(CC(=O)Nc3ccc(C)c(C)c3)=CSC2=N1. The van der Waals surface area contributed by atoms with Gasteiger partial charge >= 0.3 is 5.97 Å². The Morgan fingerprint density at radius 2 is 1.91 bits per heavy atom. The first-order valence-electron chi connectivity index (χ1n) is 11.3. The van der Waals surface area contributed by atoms with Gasteiger partial charge in [0.1, 0.15) is 0 Å². The third-order valence-electron chi connectivity index (χ3n) is 6.12. The summed E-state index contributed by atoms with van der Waals surface area (Å²) in [5.41, 5.74) is 7.15. The second kappa shape index (κ2) is 9.89. The normalized spacial score (nSPS) is 17.2. The van der Waals surface area contributed by atoms with Gasteiger partial charge in [0, 0.05) is 11.4 Å². The van der Waals surface area contributed by atoms with Gasteiger partial charge in [0.25, 0.3) is 0 Å². The first-order chi connectivity index (χ1) is 16.3. The van der Waals surface area contributed by atoms with Crippen molar-refractivity contribution in [2.75, 3.05) is 12.4 Å². The Morgan fingerprint density at radius 3 is 2.59 bits per heavy atom. The molecule has 4 rings (SSSR count). The summed E-state index contributed by atoms with van der Waals surface area (Å²) in [7, 11) is 1.39. The largest absolute Gasteiger partial charge is 0.466 e. The number of fused-ring (bicyclic) bond motifs is 1. The lowest BCUT2D eigenvalue weighted by Gasteiger charge is -2.36. The number of benzene rings is 2. The van der Waals surface area contributed by atoms with E-state index in [1.165, 1.54) is 24.4 Å². The molecular formula is C27H29N3O3S. The van der Waals surface area contributed by atoms with E-state index in [-0.39, 0.29) is 12.3 Å². The van der Waals surface area contributed by atoms with Crippen molar-refractivity contribution in [2.24, 2.45) is 4.99 Å². The summed E-state index contributed by atoms with van der Waals surface area (Å²) in [6.07, 6.45) is 0.768. The molecule has 1 N–H and O–H groups in total. The molecular weight excluding hydrogens is 446 g/mol. The lowest BCUT2D eigenvalue weighted by molar-refractivity contribution is -0.136. The highest BCUT2D eigenvalue weighted by Crippen LogP contribution is 2.45. The second-order valence-corrected chi connectivity index (χ2v) is 9.37. The average molecular weight is 476 g/mol. The number of allylic oxidation sites excluding steroid dienone is 1. The van der Waals surface area contributed by atoms with Crippen LogP contribution in [0.2, 0.25) is 0 Å². The fourth-order valence-corrected chi connectivity index (χ4v) is 5.19. The van der Waals surface area contributed by atoms with Gasteiger partial charge in [-0.2, -0.15) is 0 Å².